The van der Waals surface area contributed by atoms with Crippen LogP contribution >= 0.6 is 7.81 Å². The normalized spacial score (nSPS) is 14.3. The molecule has 0 heterocycles. The van der Waals surface area contributed by atoms with Crippen molar-refractivity contribution in [3.05, 3.63) is 35.9 Å². The van der Waals surface area contributed by atoms with Gasteiger partial charge in [-0.2, -0.15) is 0 Å². The zero-order valence-corrected chi connectivity index (χ0v) is 16.1. The van der Waals surface area contributed by atoms with Crippen LogP contribution in [-0.2, 0) is 10.9 Å². The first kappa shape index (κ1) is 24.2. The van der Waals surface area contributed by atoms with E-state index in [0.29, 0.717) is 16.7 Å². The van der Waals surface area contributed by atoms with Crippen LogP contribution in [0.15, 0.2) is 30.3 Å². The van der Waals surface area contributed by atoms with E-state index in [4.69, 9.17) is 0 Å². The average molecular weight is 410 g/mol. The molecule has 0 fully saturated rings. The van der Waals surface area contributed by atoms with Gasteiger partial charge in [0.05, 0.1) is 0 Å². The molecule has 0 bridgehead atoms. The number of carbonyl (C=O) groups is 1. The molecule has 9 heteroatoms. The predicted octanol–water partition coefficient (Wildman–Crippen LogP) is 7.47. The van der Waals surface area contributed by atoms with Gasteiger partial charge < -0.3 is 0 Å². The Labute approximate surface area is 147 Å². The molecule has 25 heavy (non-hydrogen) atoms. The number of hydrogen-bond acceptors (Lipinski definition) is 1. The van der Waals surface area contributed by atoms with Gasteiger partial charge in [0, 0.05) is 5.56 Å². The second-order valence-corrected chi connectivity index (χ2v) is 9.87. The zero-order valence-electron chi connectivity index (χ0n) is 14.4. The number of unbranched alkanes of at least 4 members (excludes halogenated alkanes) is 2. The molecule has 0 aliphatic rings. The summed E-state index contributed by atoms with van der Waals surface area (Å²) in [6.45, 7) is 4.45. The van der Waals surface area contributed by atoms with Crippen molar-refractivity contribution in [2.45, 2.75) is 39.5 Å². The van der Waals surface area contributed by atoms with Crippen LogP contribution in [0.25, 0.3) is 0 Å². The number of benzene rings is 1. The summed E-state index contributed by atoms with van der Waals surface area (Å²) in [4.78, 5) is 12.2. The van der Waals surface area contributed by atoms with E-state index in [1.54, 1.807) is 0 Å². The van der Waals surface area contributed by atoms with Crippen LogP contribution in [0.3, 0.4) is 0 Å². The van der Waals surface area contributed by atoms with Gasteiger partial charge in [-0.25, -0.2) is 0 Å². The molecule has 0 spiro atoms. The zero-order chi connectivity index (χ0) is 19.6. The van der Waals surface area contributed by atoms with Crippen LogP contribution in [0.2, 0.25) is 0 Å². The molecule has 0 aromatic heterocycles. The van der Waals surface area contributed by atoms with Crippen LogP contribution in [-0.4, -0.2) is 23.0 Å². The van der Waals surface area contributed by atoms with Gasteiger partial charge in [0.1, 0.15) is 11.5 Å². The van der Waals surface area contributed by atoms with Gasteiger partial charge in [-0.1, -0.05) is 57.0 Å². The molecule has 0 aliphatic carbocycles. The van der Waals surface area contributed by atoms with E-state index >= 15 is 0 Å². The summed E-state index contributed by atoms with van der Waals surface area (Å²) in [7, 11) is -10.4. The molecule has 0 unspecified atom stereocenters. The average Bonchev–Trinajstić information content (AvgIpc) is 2.47. The van der Waals surface area contributed by atoms with Crippen LogP contribution in [0.5, 0.6) is 0 Å². The molecule has 0 atom stereocenters. The van der Waals surface area contributed by atoms with Crippen LogP contribution in [0, 0.1) is 0 Å². The maximum atomic E-state index is 12.2. The molecular formula is C16H25F6OPS. The molecule has 0 aliphatic heterocycles. The van der Waals surface area contributed by atoms with E-state index in [0.717, 1.165) is 11.3 Å². The Bertz CT molecular complexity index is 498. The first-order chi connectivity index (χ1) is 11.2. The first-order valence-corrected chi connectivity index (χ1v) is 11.8. The number of ketones is 1. The fourth-order valence-corrected chi connectivity index (χ4v) is 4.26. The van der Waals surface area contributed by atoms with Gasteiger partial charge in [0.15, 0.2) is 5.75 Å². The summed E-state index contributed by atoms with van der Waals surface area (Å²) in [5.74, 6) is 3.54. The molecule has 0 N–H and O–H groups in total. The van der Waals surface area contributed by atoms with Crippen molar-refractivity contribution in [1.29, 1.82) is 0 Å². The number of halogens is 6. The number of carbonyl (C=O) groups excluding carboxylic acids is 1. The molecule has 1 rings (SSSR count). The summed E-state index contributed by atoms with van der Waals surface area (Å²) in [6.07, 6.45) is 4.98. The van der Waals surface area contributed by atoms with Crippen LogP contribution in [0.4, 0.5) is 25.2 Å². The van der Waals surface area contributed by atoms with Gasteiger partial charge in [-0.05, 0) is 23.7 Å². The molecule has 1 aromatic carbocycles. The van der Waals surface area contributed by atoms with Crippen molar-refractivity contribution in [2.24, 2.45) is 0 Å². The van der Waals surface area contributed by atoms with Crippen molar-refractivity contribution in [3.8, 4) is 0 Å². The Morgan fingerprint density at radius 2 is 1.28 bits per heavy atom. The SMILES string of the molecule is CCCC[S+](CCCC)CC(=O)c1ccccc1.F[P-](F)(F)(F)(F)F. The van der Waals surface area contributed by atoms with Gasteiger partial charge in [0.2, 0.25) is 5.78 Å². The van der Waals surface area contributed by atoms with Gasteiger partial charge >= 0.3 is 33.0 Å². The number of hydrogen-bond donors (Lipinski definition) is 0. The Hall–Kier alpha value is -0.750. The summed E-state index contributed by atoms with van der Waals surface area (Å²) in [5.41, 5.74) is 0.878. The molecule has 1 nitrogen and oxygen atoms in total. The third-order valence-corrected chi connectivity index (χ3v) is 5.41. The van der Waals surface area contributed by atoms with E-state index in [1.165, 1.54) is 37.2 Å². The molecule has 0 saturated carbocycles. The Kier molecular flexibility index (Phi) is 8.99. The third-order valence-electron chi connectivity index (χ3n) is 3.00. The molecule has 0 radical (unpaired) electrons. The Balaban J connectivity index is 0.000000697. The minimum absolute atomic E-state index is 0.296. The van der Waals surface area contributed by atoms with Gasteiger partial charge in [-0.15, -0.1) is 0 Å². The van der Waals surface area contributed by atoms with E-state index in [9.17, 15) is 30.0 Å². The fraction of sp³-hybridized carbons (Fsp3) is 0.562. The summed E-state index contributed by atoms with van der Waals surface area (Å²) < 4.78 is 59.2. The standard InChI is InChI=1S/C16H25OS.F6P/c1-3-5-12-18(13-6-4-2)14-16(17)15-10-8-7-9-11-15;1-7(2,3,4,5)6/h7-11H,3-6,12-14H2,1-2H3;/q+1;-1. The second-order valence-electron chi connectivity index (χ2n) is 5.62. The van der Waals surface area contributed by atoms with Crippen molar-refractivity contribution in [2.75, 3.05) is 17.3 Å². The molecular weight excluding hydrogens is 385 g/mol. The first-order valence-electron chi connectivity index (χ1n) is 8.01. The predicted molar refractivity (Wildman–Crippen MR) is 96.1 cm³/mol. The molecule has 0 saturated heterocycles. The third kappa shape index (κ3) is 19.4. The second kappa shape index (κ2) is 9.26. The van der Waals surface area contributed by atoms with E-state index in [1.807, 2.05) is 30.3 Å². The summed E-state index contributed by atoms with van der Waals surface area (Å²) >= 11 is 0. The van der Waals surface area contributed by atoms with Crippen molar-refractivity contribution < 1.29 is 30.0 Å². The monoisotopic (exact) mass is 410 g/mol. The molecule has 0 amide bonds. The van der Waals surface area contributed by atoms with E-state index in [-0.39, 0.29) is 0 Å². The number of Topliss-reactive ketones (excluding diaryl/α,β-unsaturated/α-hetero) is 1. The Morgan fingerprint density at radius 3 is 1.64 bits per heavy atom. The summed E-state index contributed by atoms with van der Waals surface area (Å²) in [5, 5.41) is 0. The van der Waals surface area contributed by atoms with E-state index in [2.05, 4.69) is 13.8 Å². The van der Waals surface area contributed by atoms with Gasteiger partial charge in [0.25, 0.3) is 0 Å². The van der Waals surface area contributed by atoms with Crippen molar-refractivity contribution >= 4 is 24.5 Å². The minimum atomic E-state index is -10.7. The van der Waals surface area contributed by atoms with E-state index < -0.39 is 7.81 Å². The quantitative estimate of drug-likeness (QED) is 0.179. The summed E-state index contributed by atoms with van der Waals surface area (Å²) in [6, 6.07) is 9.73. The van der Waals surface area contributed by atoms with Crippen LogP contribution in [0.1, 0.15) is 49.9 Å². The fourth-order valence-electron chi connectivity index (χ4n) is 1.84. The molecule has 148 valence electrons. The van der Waals surface area contributed by atoms with Crippen LogP contribution < -0.4 is 0 Å². The molecule has 1 aromatic rings. The number of rotatable bonds is 9. The van der Waals surface area contributed by atoms with Gasteiger partial charge in [-0.3, -0.25) is 4.79 Å². The Morgan fingerprint density at radius 1 is 0.880 bits per heavy atom. The topological polar surface area (TPSA) is 17.1 Å². The van der Waals surface area contributed by atoms with Crippen molar-refractivity contribution in [3.63, 3.8) is 0 Å². The maximum absolute atomic E-state index is 12.2. The van der Waals surface area contributed by atoms with Crippen molar-refractivity contribution in [1.82, 2.24) is 0 Å².